The fourth-order valence-corrected chi connectivity index (χ4v) is 2.62. The first-order chi connectivity index (χ1) is 6.46. The zero-order valence-electron chi connectivity index (χ0n) is 11.8. The van der Waals surface area contributed by atoms with Gasteiger partial charge in [0.2, 0.25) is 0 Å². The number of hydrogen-bond donors (Lipinski definition) is 0. The van der Waals surface area contributed by atoms with E-state index in [9.17, 15) is 0 Å². The number of hydrogen-bond acceptors (Lipinski definition) is 1. The maximum Gasteiger partial charge on any atom is 0.192 e. The Balaban J connectivity index is 4.13. The standard InChI is InChI=1S/C12H28OSi2/c1-12(2,3)15(7,8)13-10-9-11-14(4,5)6/h9,11H,10H2,1-8H3/b11-9+. The van der Waals surface area contributed by atoms with Crippen molar-refractivity contribution in [2.24, 2.45) is 0 Å². The highest BCUT2D eigenvalue weighted by atomic mass is 28.4. The quantitative estimate of drug-likeness (QED) is 0.664. The van der Waals surface area contributed by atoms with Gasteiger partial charge in [0, 0.05) is 0 Å². The van der Waals surface area contributed by atoms with Gasteiger partial charge in [-0.2, -0.15) is 0 Å². The topological polar surface area (TPSA) is 9.23 Å². The van der Waals surface area contributed by atoms with Crippen molar-refractivity contribution in [1.29, 1.82) is 0 Å². The molecule has 0 N–H and O–H groups in total. The van der Waals surface area contributed by atoms with Crippen LogP contribution in [-0.4, -0.2) is 23.0 Å². The Labute approximate surface area is 98.1 Å². The molecule has 0 aromatic heterocycles. The molecule has 0 aliphatic rings. The van der Waals surface area contributed by atoms with E-state index in [0.29, 0.717) is 5.04 Å². The lowest BCUT2D eigenvalue weighted by Gasteiger charge is -2.35. The normalized spacial score (nSPS) is 14.9. The van der Waals surface area contributed by atoms with E-state index >= 15 is 0 Å². The Morgan fingerprint density at radius 2 is 1.47 bits per heavy atom. The van der Waals surface area contributed by atoms with Gasteiger partial charge >= 0.3 is 0 Å². The molecule has 90 valence electrons. The minimum absolute atomic E-state index is 0.319. The Bertz CT molecular complexity index is 219. The molecule has 0 aliphatic heterocycles. The molecule has 1 nitrogen and oxygen atoms in total. The van der Waals surface area contributed by atoms with E-state index in [-0.39, 0.29) is 0 Å². The van der Waals surface area contributed by atoms with Crippen molar-refractivity contribution in [2.45, 2.75) is 58.5 Å². The molecule has 3 heteroatoms. The molecule has 0 aliphatic carbocycles. The van der Waals surface area contributed by atoms with Crippen LogP contribution in [0.15, 0.2) is 11.8 Å². The summed E-state index contributed by atoms with van der Waals surface area (Å²) < 4.78 is 6.06. The van der Waals surface area contributed by atoms with E-state index in [1.165, 1.54) is 0 Å². The molecule has 0 aromatic carbocycles. The van der Waals surface area contributed by atoms with Gasteiger partial charge in [0.15, 0.2) is 8.32 Å². The second-order valence-corrected chi connectivity index (χ2v) is 16.7. The summed E-state index contributed by atoms with van der Waals surface area (Å²) in [5.41, 5.74) is 2.36. The lowest BCUT2D eigenvalue weighted by Crippen LogP contribution is -2.40. The molecule has 0 atom stereocenters. The molecule has 0 saturated heterocycles. The Morgan fingerprint density at radius 1 is 1.00 bits per heavy atom. The first-order valence-corrected chi connectivity index (χ1v) is 12.3. The third-order valence-electron chi connectivity index (χ3n) is 2.96. The summed E-state index contributed by atoms with van der Waals surface area (Å²) in [6, 6.07) is 0. The lowest BCUT2D eigenvalue weighted by molar-refractivity contribution is 0.328. The fourth-order valence-electron chi connectivity index (χ4n) is 0.875. The Hall–Kier alpha value is 0.134. The summed E-state index contributed by atoms with van der Waals surface area (Å²) in [5.74, 6) is 0. The summed E-state index contributed by atoms with van der Waals surface area (Å²) in [7, 11) is -2.58. The highest BCUT2D eigenvalue weighted by molar-refractivity contribution is 6.81. The monoisotopic (exact) mass is 244 g/mol. The van der Waals surface area contributed by atoms with Crippen molar-refractivity contribution in [3.05, 3.63) is 11.8 Å². The van der Waals surface area contributed by atoms with Crippen LogP contribution in [0.25, 0.3) is 0 Å². The molecule has 0 amide bonds. The van der Waals surface area contributed by atoms with Crippen molar-refractivity contribution in [3.8, 4) is 0 Å². The summed E-state index contributed by atoms with van der Waals surface area (Å²) >= 11 is 0. The smallest absolute Gasteiger partial charge is 0.192 e. The van der Waals surface area contributed by atoms with E-state index < -0.39 is 16.4 Å². The second kappa shape index (κ2) is 4.98. The molecule has 0 fully saturated rings. The van der Waals surface area contributed by atoms with Crippen LogP contribution in [0.3, 0.4) is 0 Å². The highest BCUT2D eigenvalue weighted by Gasteiger charge is 2.36. The van der Waals surface area contributed by atoms with Crippen LogP contribution >= 0.6 is 0 Å². The van der Waals surface area contributed by atoms with Gasteiger partial charge < -0.3 is 4.43 Å². The van der Waals surface area contributed by atoms with Crippen molar-refractivity contribution >= 4 is 16.4 Å². The zero-order chi connectivity index (χ0) is 12.3. The van der Waals surface area contributed by atoms with E-state index in [4.69, 9.17) is 4.43 Å². The van der Waals surface area contributed by atoms with Gasteiger partial charge in [-0.05, 0) is 18.1 Å². The molecule has 0 rings (SSSR count). The summed E-state index contributed by atoms with van der Waals surface area (Å²) in [5, 5.41) is 0.319. The van der Waals surface area contributed by atoms with Gasteiger partial charge in [-0.1, -0.05) is 52.2 Å². The molecule has 0 heterocycles. The molecule has 0 radical (unpaired) electrons. The van der Waals surface area contributed by atoms with Crippen molar-refractivity contribution < 1.29 is 4.43 Å². The molecular weight excluding hydrogens is 216 g/mol. The molecule has 15 heavy (non-hydrogen) atoms. The average molecular weight is 245 g/mol. The van der Waals surface area contributed by atoms with Crippen LogP contribution in [0.1, 0.15) is 20.8 Å². The minimum Gasteiger partial charge on any atom is -0.413 e. The van der Waals surface area contributed by atoms with Gasteiger partial charge in [-0.3, -0.25) is 0 Å². The summed E-state index contributed by atoms with van der Waals surface area (Å²) in [6.07, 6.45) is 2.21. The lowest BCUT2D eigenvalue weighted by atomic mass is 10.2. The summed E-state index contributed by atoms with van der Waals surface area (Å²) in [6.45, 7) is 19.3. The first-order valence-electron chi connectivity index (χ1n) is 5.77. The molecule has 0 saturated carbocycles. The third-order valence-corrected chi connectivity index (χ3v) is 8.70. The van der Waals surface area contributed by atoms with Gasteiger partial charge in [-0.15, -0.1) is 0 Å². The predicted octanol–water partition coefficient (Wildman–Crippen LogP) is 4.44. The van der Waals surface area contributed by atoms with Gasteiger partial charge in [0.25, 0.3) is 0 Å². The number of rotatable bonds is 4. The van der Waals surface area contributed by atoms with Crippen LogP contribution in [0, 0.1) is 0 Å². The van der Waals surface area contributed by atoms with Crippen LogP contribution in [-0.2, 0) is 4.43 Å². The third kappa shape index (κ3) is 6.33. The summed E-state index contributed by atoms with van der Waals surface area (Å²) in [4.78, 5) is 0. The van der Waals surface area contributed by atoms with Gasteiger partial charge in [0.05, 0.1) is 14.7 Å². The molecule has 0 spiro atoms. The first kappa shape index (κ1) is 15.1. The van der Waals surface area contributed by atoms with E-state index in [2.05, 4.69) is 65.3 Å². The molecule has 0 bridgehead atoms. The van der Waals surface area contributed by atoms with Gasteiger partial charge in [-0.25, -0.2) is 0 Å². The maximum atomic E-state index is 6.06. The fraction of sp³-hybridized carbons (Fsp3) is 0.833. The van der Waals surface area contributed by atoms with E-state index in [0.717, 1.165) is 6.61 Å². The van der Waals surface area contributed by atoms with E-state index in [1.54, 1.807) is 0 Å². The zero-order valence-corrected chi connectivity index (χ0v) is 13.8. The average Bonchev–Trinajstić information content (AvgIpc) is 1.94. The van der Waals surface area contributed by atoms with Crippen molar-refractivity contribution in [2.75, 3.05) is 6.61 Å². The second-order valence-electron chi connectivity index (χ2n) is 6.84. The largest absolute Gasteiger partial charge is 0.413 e. The predicted molar refractivity (Wildman–Crippen MR) is 75.6 cm³/mol. The Kier molecular flexibility index (Phi) is 5.02. The molecule has 0 aromatic rings. The molecular formula is C12H28OSi2. The SMILES string of the molecule is CC(C)(C)[Si](C)(C)OC/C=C/[Si](C)(C)C. The van der Waals surface area contributed by atoms with Crippen LogP contribution in [0.2, 0.25) is 37.8 Å². The highest BCUT2D eigenvalue weighted by Crippen LogP contribution is 2.36. The van der Waals surface area contributed by atoms with E-state index in [1.807, 2.05) is 0 Å². The van der Waals surface area contributed by atoms with Crippen molar-refractivity contribution in [1.82, 2.24) is 0 Å². The molecule has 0 unspecified atom stereocenters. The maximum absolute atomic E-state index is 6.06. The van der Waals surface area contributed by atoms with Crippen LogP contribution < -0.4 is 0 Å². The van der Waals surface area contributed by atoms with Gasteiger partial charge in [0.1, 0.15) is 0 Å². The Morgan fingerprint density at radius 3 is 1.80 bits per heavy atom. The van der Waals surface area contributed by atoms with Crippen molar-refractivity contribution in [3.63, 3.8) is 0 Å². The van der Waals surface area contributed by atoms with Crippen LogP contribution in [0.5, 0.6) is 0 Å². The van der Waals surface area contributed by atoms with Crippen LogP contribution in [0.4, 0.5) is 0 Å². The minimum atomic E-state index is -1.54.